The van der Waals surface area contributed by atoms with Gasteiger partial charge in [-0.15, -0.1) is 0 Å². The van der Waals surface area contributed by atoms with Crippen LogP contribution in [0, 0.1) is 17.8 Å². The Labute approximate surface area is 143 Å². The summed E-state index contributed by atoms with van der Waals surface area (Å²) in [5.41, 5.74) is 1.31. The van der Waals surface area contributed by atoms with Gasteiger partial charge < -0.3 is 15.4 Å². The number of ether oxygens (including phenoxy) is 1. The molecule has 3 aliphatic rings. The topological polar surface area (TPSA) is 67.4 Å². The number of benzene rings is 1. The molecule has 2 fully saturated rings. The van der Waals surface area contributed by atoms with Crippen LogP contribution < -0.4 is 15.4 Å². The molecule has 2 saturated carbocycles. The summed E-state index contributed by atoms with van der Waals surface area (Å²) >= 11 is 3.45. The minimum Gasteiger partial charge on any atom is -0.482 e. The third kappa shape index (κ3) is 2.96. The molecule has 0 spiro atoms. The molecule has 0 aromatic heterocycles. The number of carbonyl (C=O) groups is 2. The Morgan fingerprint density at radius 1 is 1.35 bits per heavy atom. The predicted molar refractivity (Wildman–Crippen MR) is 90.5 cm³/mol. The number of amides is 2. The van der Waals surface area contributed by atoms with Crippen LogP contribution in [-0.2, 0) is 9.59 Å². The van der Waals surface area contributed by atoms with Crippen LogP contribution in [-0.4, -0.2) is 18.4 Å². The summed E-state index contributed by atoms with van der Waals surface area (Å²) in [6, 6.07) is 3.52. The van der Waals surface area contributed by atoms with Gasteiger partial charge in [0.1, 0.15) is 5.75 Å². The van der Waals surface area contributed by atoms with E-state index in [-0.39, 0.29) is 18.4 Å². The molecular formula is C17H19BrN2O3. The highest BCUT2D eigenvalue weighted by Crippen LogP contribution is 2.49. The minimum atomic E-state index is -0.169. The number of hydrogen-bond donors (Lipinski definition) is 2. The van der Waals surface area contributed by atoms with Gasteiger partial charge in [0.25, 0.3) is 5.91 Å². The molecule has 1 aromatic rings. The summed E-state index contributed by atoms with van der Waals surface area (Å²) in [6.07, 6.45) is 5.76. The van der Waals surface area contributed by atoms with Crippen molar-refractivity contribution in [1.82, 2.24) is 0 Å². The fraction of sp³-hybridized carbons (Fsp3) is 0.529. The minimum absolute atomic E-state index is 0.00710. The second-order valence-corrected chi connectivity index (χ2v) is 7.71. The summed E-state index contributed by atoms with van der Waals surface area (Å²) in [7, 11) is 0. The van der Waals surface area contributed by atoms with Crippen molar-refractivity contribution in [2.45, 2.75) is 32.1 Å². The maximum atomic E-state index is 12.4. The molecule has 2 amide bonds. The summed E-state index contributed by atoms with van der Waals surface area (Å²) < 4.78 is 6.14. The van der Waals surface area contributed by atoms with E-state index in [2.05, 4.69) is 26.6 Å². The van der Waals surface area contributed by atoms with E-state index >= 15 is 0 Å². The zero-order valence-electron chi connectivity index (χ0n) is 12.7. The van der Waals surface area contributed by atoms with Crippen LogP contribution >= 0.6 is 15.9 Å². The zero-order chi connectivity index (χ0) is 16.0. The Morgan fingerprint density at radius 2 is 2.22 bits per heavy atom. The Hall–Kier alpha value is -1.56. The molecule has 1 aliphatic heterocycles. The van der Waals surface area contributed by atoms with Crippen molar-refractivity contribution in [1.29, 1.82) is 0 Å². The number of carbonyl (C=O) groups excluding carboxylic acids is 2. The molecule has 0 saturated heterocycles. The summed E-state index contributed by atoms with van der Waals surface area (Å²) in [5.74, 6) is 2.62. The van der Waals surface area contributed by atoms with Gasteiger partial charge in [0.2, 0.25) is 5.91 Å². The molecule has 5 nitrogen and oxygen atoms in total. The van der Waals surface area contributed by atoms with Gasteiger partial charge in [-0.1, -0.05) is 6.42 Å². The molecule has 3 atom stereocenters. The number of rotatable bonds is 3. The highest BCUT2D eigenvalue weighted by Gasteiger charge is 2.40. The van der Waals surface area contributed by atoms with Gasteiger partial charge in [-0.2, -0.15) is 0 Å². The molecule has 1 aromatic carbocycles. The Kier molecular flexibility index (Phi) is 3.79. The van der Waals surface area contributed by atoms with E-state index in [1.165, 1.54) is 25.7 Å². The Morgan fingerprint density at radius 3 is 2.96 bits per heavy atom. The third-order valence-electron chi connectivity index (χ3n) is 5.31. The average molecular weight is 379 g/mol. The van der Waals surface area contributed by atoms with Gasteiger partial charge in [-0.25, -0.2) is 0 Å². The molecule has 23 heavy (non-hydrogen) atoms. The first-order chi connectivity index (χ1) is 11.1. The van der Waals surface area contributed by atoms with Gasteiger partial charge in [-0.3, -0.25) is 9.59 Å². The number of fused-ring (bicyclic) bond motifs is 3. The first-order valence-corrected chi connectivity index (χ1v) is 8.94. The van der Waals surface area contributed by atoms with Crippen molar-refractivity contribution < 1.29 is 14.3 Å². The number of hydrogen-bond acceptors (Lipinski definition) is 3. The monoisotopic (exact) mass is 378 g/mol. The lowest BCUT2D eigenvalue weighted by molar-refractivity contribution is -0.119. The van der Waals surface area contributed by atoms with Crippen LogP contribution in [0.2, 0.25) is 0 Å². The van der Waals surface area contributed by atoms with Gasteiger partial charge in [-0.05, 0) is 59.0 Å². The normalized spacial score (nSPS) is 28.0. The van der Waals surface area contributed by atoms with Crippen LogP contribution in [0.1, 0.15) is 32.1 Å². The summed E-state index contributed by atoms with van der Waals surface area (Å²) in [4.78, 5) is 23.7. The first kappa shape index (κ1) is 15.0. The van der Waals surface area contributed by atoms with Crippen molar-refractivity contribution >= 4 is 39.1 Å². The number of halogens is 1. The lowest BCUT2D eigenvalue weighted by Crippen LogP contribution is -2.25. The van der Waals surface area contributed by atoms with Crippen molar-refractivity contribution in [3.8, 4) is 5.75 Å². The first-order valence-electron chi connectivity index (χ1n) is 8.14. The molecule has 3 unspecified atom stereocenters. The maximum Gasteiger partial charge on any atom is 0.262 e. The average Bonchev–Trinajstić information content (AvgIpc) is 3.11. The third-order valence-corrected chi connectivity index (χ3v) is 5.96. The van der Waals surface area contributed by atoms with Crippen LogP contribution in [0.4, 0.5) is 11.4 Å². The lowest BCUT2D eigenvalue weighted by Gasteiger charge is -2.22. The molecule has 2 aliphatic carbocycles. The summed E-state index contributed by atoms with van der Waals surface area (Å²) in [6.45, 7) is 0.00710. The summed E-state index contributed by atoms with van der Waals surface area (Å²) in [5, 5.41) is 5.73. The maximum absolute atomic E-state index is 12.4. The van der Waals surface area contributed by atoms with Gasteiger partial charge in [0.15, 0.2) is 6.61 Å². The van der Waals surface area contributed by atoms with E-state index < -0.39 is 0 Å². The Bertz CT molecular complexity index is 676. The van der Waals surface area contributed by atoms with Crippen molar-refractivity contribution in [2.24, 2.45) is 17.8 Å². The van der Waals surface area contributed by atoms with Crippen molar-refractivity contribution in [3.05, 3.63) is 16.6 Å². The van der Waals surface area contributed by atoms with E-state index in [1.54, 1.807) is 12.1 Å². The van der Waals surface area contributed by atoms with E-state index in [0.29, 0.717) is 29.5 Å². The van der Waals surface area contributed by atoms with E-state index in [0.717, 1.165) is 16.3 Å². The van der Waals surface area contributed by atoms with Crippen molar-refractivity contribution in [2.75, 3.05) is 17.2 Å². The molecule has 122 valence electrons. The smallest absolute Gasteiger partial charge is 0.262 e. The lowest BCUT2D eigenvalue weighted by atomic mass is 9.86. The van der Waals surface area contributed by atoms with Gasteiger partial charge in [0.05, 0.1) is 11.4 Å². The predicted octanol–water partition coefficient (Wildman–Crippen LogP) is 3.54. The number of anilines is 2. The van der Waals surface area contributed by atoms with Gasteiger partial charge in [0, 0.05) is 17.0 Å². The SMILES string of the molecule is O=C(CC1CC2CCC1C2)Nc1cc2c(cc1Br)NC(=O)CO2. The molecule has 6 heteroatoms. The second kappa shape index (κ2) is 5.82. The molecule has 0 radical (unpaired) electrons. The van der Waals surface area contributed by atoms with Crippen LogP contribution in [0.5, 0.6) is 5.75 Å². The molecule has 1 heterocycles. The quantitative estimate of drug-likeness (QED) is 0.844. The Balaban J connectivity index is 1.44. The van der Waals surface area contributed by atoms with E-state index in [1.807, 2.05) is 0 Å². The van der Waals surface area contributed by atoms with Crippen molar-refractivity contribution in [3.63, 3.8) is 0 Å². The standard InChI is InChI=1S/C17H19BrN2O3/c18-12-6-14-15(23-8-17(22)20-14)7-13(12)19-16(21)5-11-4-9-1-2-10(11)3-9/h6-7,9-11H,1-5,8H2,(H,19,21)(H,20,22). The zero-order valence-corrected chi connectivity index (χ0v) is 14.3. The highest BCUT2D eigenvalue weighted by molar-refractivity contribution is 9.10. The fourth-order valence-electron chi connectivity index (χ4n) is 4.26. The van der Waals surface area contributed by atoms with Gasteiger partial charge >= 0.3 is 0 Å². The molecule has 2 bridgehead atoms. The highest BCUT2D eigenvalue weighted by atomic mass is 79.9. The number of nitrogens with one attached hydrogen (secondary N) is 2. The van der Waals surface area contributed by atoms with Crippen LogP contribution in [0.25, 0.3) is 0 Å². The molecule has 2 N–H and O–H groups in total. The van der Waals surface area contributed by atoms with E-state index in [9.17, 15) is 9.59 Å². The fourth-order valence-corrected chi connectivity index (χ4v) is 4.70. The largest absolute Gasteiger partial charge is 0.482 e. The molecular weight excluding hydrogens is 360 g/mol. The van der Waals surface area contributed by atoms with Crippen LogP contribution in [0.15, 0.2) is 16.6 Å². The van der Waals surface area contributed by atoms with E-state index in [4.69, 9.17) is 4.74 Å². The molecule has 4 rings (SSSR count). The second-order valence-electron chi connectivity index (χ2n) is 6.85. The van der Waals surface area contributed by atoms with Crippen LogP contribution in [0.3, 0.4) is 0 Å².